The molecule has 3 N–H and O–H groups in total. The van der Waals surface area contributed by atoms with Gasteiger partial charge in [0.15, 0.2) is 0 Å². The van der Waals surface area contributed by atoms with E-state index in [9.17, 15) is 5.11 Å². The number of nitrogens with two attached hydrogens (primary N) is 1. The lowest BCUT2D eigenvalue weighted by molar-refractivity contribution is -0.0958. The Balaban J connectivity index is 1.78. The maximum Gasteiger partial charge on any atom is 0.0856 e. The van der Waals surface area contributed by atoms with E-state index in [0.717, 1.165) is 37.8 Å². The Bertz CT molecular complexity index is 334. The summed E-state index contributed by atoms with van der Waals surface area (Å²) in [6, 6.07) is 1.28. The molecule has 0 aromatic rings. The zero-order valence-electron chi connectivity index (χ0n) is 12.6. The first-order valence-electron chi connectivity index (χ1n) is 8.18. The van der Waals surface area contributed by atoms with Gasteiger partial charge >= 0.3 is 0 Å². The van der Waals surface area contributed by atoms with Crippen molar-refractivity contribution in [3.63, 3.8) is 0 Å². The molecule has 1 saturated heterocycles. The van der Waals surface area contributed by atoms with Gasteiger partial charge in [-0.15, -0.1) is 0 Å². The van der Waals surface area contributed by atoms with E-state index in [0.29, 0.717) is 12.6 Å². The van der Waals surface area contributed by atoms with E-state index >= 15 is 0 Å². The minimum Gasteiger partial charge on any atom is -0.388 e. The van der Waals surface area contributed by atoms with Crippen LogP contribution in [0.4, 0.5) is 0 Å². The van der Waals surface area contributed by atoms with Gasteiger partial charge in [-0.1, -0.05) is 19.8 Å². The highest BCUT2D eigenvalue weighted by molar-refractivity contribution is 5.10. The van der Waals surface area contributed by atoms with Crippen LogP contribution < -0.4 is 5.73 Å². The molecule has 2 saturated carbocycles. The third-order valence-electron chi connectivity index (χ3n) is 6.27. The minimum atomic E-state index is -0.538. The number of nitrogens with zero attached hydrogens (tertiary/aromatic N) is 1. The van der Waals surface area contributed by atoms with Gasteiger partial charge < -0.3 is 10.8 Å². The summed E-state index contributed by atoms with van der Waals surface area (Å²) in [5.74, 6) is 0.807. The lowest BCUT2D eigenvalue weighted by atomic mass is 9.61. The molecule has 2 atom stereocenters. The fraction of sp³-hybridized carbons (Fsp3) is 1.00. The fourth-order valence-electron chi connectivity index (χ4n) is 4.58. The average Bonchev–Trinajstić information content (AvgIpc) is 3.17. The van der Waals surface area contributed by atoms with Crippen molar-refractivity contribution in [2.24, 2.45) is 17.1 Å². The molecule has 1 aliphatic heterocycles. The topological polar surface area (TPSA) is 49.5 Å². The monoisotopic (exact) mass is 266 g/mol. The minimum absolute atomic E-state index is 0.0165. The normalized spacial score (nSPS) is 48.6. The summed E-state index contributed by atoms with van der Waals surface area (Å²) >= 11 is 0. The summed E-state index contributed by atoms with van der Waals surface area (Å²) in [7, 11) is 0. The van der Waals surface area contributed by atoms with Crippen LogP contribution in [0, 0.1) is 11.3 Å². The third-order valence-corrected chi connectivity index (χ3v) is 6.27. The summed E-state index contributed by atoms with van der Waals surface area (Å²) in [6.07, 6.45) is 8.28. The quantitative estimate of drug-likeness (QED) is 0.823. The maximum atomic E-state index is 11.3. The highest BCUT2D eigenvalue weighted by atomic mass is 16.3. The van der Waals surface area contributed by atoms with E-state index in [1.54, 1.807) is 0 Å². The predicted octanol–water partition coefficient (Wildman–Crippen LogP) is 2.13. The van der Waals surface area contributed by atoms with Gasteiger partial charge in [-0.05, 0) is 44.9 Å². The number of aliphatic hydroxyl groups is 1. The second-order valence-corrected chi connectivity index (χ2v) is 7.66. The van der Waals surface area contributed by atoms with Crippen molar-refractivity contribution in [3.05, 3.63) is 0 Å². The summed E-state index contributed by atoms with van der Waals surface area (Å²) in [6.45, 7) is 6.13. The lowest BCUT2D eigenvalue weighted by Crippen LogP contribution is -2.55. The van der Waals surface area contributed by atoms with E-state index in [-0.39, 0.29) is 5.41 Å². The van der Waals surface area contributed by atoms with E-state index in [2.05, 4.69) is 18.7 Å². The van der Waals surface area contributed by atoms with E-state index in [1.807, 2.05) is 0 Å². The van der Waals surface area contributed by atoms with Crippen LogP contribution in [0.1, 0.15) is 58.8 Å². The van der Waals surface area contributed by atoms with Crippen molar-refractivity contribution in [2.45, 2.75) is 76.5 Å². The average molecular weight is 266 g/mol. The van der Waals surface area contributed by atoms with Crippen molar-refractivity contribution < 1.29 is 5.11 Å². The predicted molar refractivity (Wildman–Crippen MR) is 77.9 cm³/mol. The van der Waals surface area contributed by atoms with Crippen LogP contribution in [0.2, 0.25) is 0 Å². The zero-order chi connectivity index (χ0) is 13.7. The molecule has 1 heterocycles. The van der Waals surface area contributed by atoms with Gasteiger partial charge in [-0.2, -0.15) is 0 Å². The molecule has 110 valence electrons. The molecule has 3 rings (SSSR count). The molecule has 2 aliphatic carbocycles. The Kier molecular flexibility index (Phi) is 3.43. The molecule has 3 nitrogen and oxygen atoms in total. The highest BCUT2D eigenvalue weighted by Gasteiger charge is 2.57. The Hall–Kier alpha value is -0.120. The smallest absolute Gasteiger partial charge is 0.0856 e. The first kappa shape index (κ1) is 13.8. The van der Waals surface area contributed by atoms with Crippen LogP contribution in [0.15, 0.2) is 0 Å². The van der Waals surface area contributed by atoms with Gasteiger partial charge in [0.05, 0.1) is 5.60 Å². The van der Waals surface area contributed by atoms with E-state index in [1.165, 1.54) is 25.7 Å². The number of β-amino-alcohol motifs (C(OH)–C–C–N with tert-alkyl or cyclic N) is 1. The molecule has 3 heteroatoms. The van der Waals surface area contributed by atoms with Crippen LogP contribution in [0.5, 0.6) is 0 Å². The summed E-state index contributed by atoms with van der Waals surface area (Å²) in [5, 5.41) is 11.3. The highest BCUT2D eigenvalue weighted by Crippen LogP contribution is 2.52. The van der Waals surface area contributed by atoms with E-state index in [4.69, 9.17) is 5.73 Å². The van der Waals surface area contributed by atoms with Crippen molar-refractivity contribution in [1.82, 2.24) is 4.90 Å². The third kappa shape index (κ3) is 2.24. The molecular weight excluding hydrogens is 236 g/mol. The van der Waals surface area contributed by atoms with Crippen molar-refractivity contribution in [1.29, 1.82) is 0 Å². The molecule has 0 amide bonds. The molecule has 0 aromatic carbocycles. The van der Waals surface area contributed by atoms with Gasteiger partial charge in [0, 0.05) is 30.6 Å². The van der Waals surface area contributed by atoms with Gasteiger partial charge in [0.2, 0.25) is 0 Å². The van der Waals surface area contributed by atoms with Gasteiger partial charge in [-0.25, -0.2) is 0 Å². The number of hydrogen-bond acceptors (Lipinski definition) is 3. The SMILES string of the molecule is CC1CCC(CN)(C2(O)CC(C)N(C3CC3)C2)CC1. The van der Waals surface area contributed by atoms with Crippen LogP contribution in [-0.2, 0) is 0 Å². The Morgan fingerprint density at radius 3 is 2.32 bits per heavy atom. The first-order chi connectivity index (χ1) is 9.00. The Labute approximate surface area is 117 Å². The molecule has 3 fully saturated rings. The van der Waals surface area contributed by atoms with Crippen LogP contribution in [0.3, 0.4) is 0 Å². The molecule has 3 aliphatic rings. The second-order valence-electron chi connectivity index (χ2n) is 7.66. The molecule has 0 spiro atoms. The maximum absolute atomic E-state index is 11.3. The van der Waals surface area contributed by atoms with E-state index < -0.39 is 5.60 Å². The van der Waals surface area contributed by atoms with Crippen molar-refractivity contribution in [3.8, 4) is 0 Å². The molecule has 0 aromatic heterocycles. The van der Waals surface area contributed by atoms with Gasteiger partial charge in [0.1, 0.15) is 0 Å². The standard InChI is InChI=1S/C16H30N2O/c1-12-5-7-15(10-17,8-6-12)16(19)9-13(2)18(11-16)14-3-4-14/h12-14,19H,3-11,17H2,1-2H3. The lowest BCUT2D eigenvalue weighted by Gasteiger charge is -2.48. The zero-order valence-corrected chi connectivity index (χ0v) is 12.6. The van der Waals surface area contributed by atoms with Crippen LogP contribution in [0.25, 0.3) is 0 Å². The summed E-state index contributed by atoms with van der Waals surface area (Å²) < 4.78 is 0. The molecule has 0 radical (unpaired) electrons. The molecule has 2 unspecified atom stereocenters. The molecule has 0 bridgehead atoms. The van der Waals surface area contributed by atoms with Crippen LogP contribution >= 0.6 is 0 Å². The van der Waals surface area contributed by atoms with Crippen molar-refractivity contribution in [2.75, 3.05) is 13.1 Å². The van der Waals surface area contributed by atoms with Gasteiger partial charge in [0.25, 0.3) is 0 Å². The number of hydrogen-bond donors (Lipinski definition) is 2. The van der Waals surface area contributed by atoms with Crippen molar-refractivity contribution >= 4 is 0 Å². The second kappa shape index (κ2) is 4.71. The summed E-state index contributed by atoms with van der Waals surface area (Å²) in [5.41, 5.74) is 5.60. The first-order valence-corrected chi connectivity index (χ1v) is 8.18. The number of likely N-dealkylation sites (tertiary alicyclic amines) is 1. The Morgan fingerprint density at radius 1 is 1.16 bits per heavy atom. The molecule has 19 heavy (non-hydrogen) atoms. The Morgan fingerprint density at radius 2 is 1.79 bits per heavy atom. The van der Waals surface area contributed by atoms with Crippen LogP contribution in [-0.4, -0.2) is 40.8 Å². The number of rotatable bonds is 3. The summed E-state index contributed by atoms with van der Waals surface area (Å²) in [4.78, 5) is 2.55. The van der Waals surface area contributed by atoms with Gasteiger partial charge in [-0.3, -0.25) is 4.90 Å². The fourth-order valence-corrected chi connectivity index (χ4v) is 4.58. The molecular formula is C16H30N2O. The largest absolute Gasteiger partial charge is 0.388 e.